The van der Waals surface area contributed by atoms with Crippen LogP contribution in [0.5, 0.6) is 5.75 Å². The molecule has 0 amide bonds. The van der Waals surface area contributed by atoms with E-state index in [0.29, 0.717) is 6.42 Å². The molecule has 1 fully saturated rings. The van der Waals surface area contributed by atoms with Crippen LogP contribution in [-0.4, -0.2) is 42.4 Å². The molecular formula is C14H18BrNO2. The third kappa shape index (κ3) is 2.29. The zero-order valence-corrected chi connectivity index (χ0v) is 12.2. The number of nitrogens with zero attached hydrogens (tertiary/aromatic N) is 1. The van der Waals surface area contributed by atoms with Crippen molar-refractivity contribution in [3.8, 4) is 5.75 Å². The molecule has 0 spiro atoms. The summed E-state index contributed by atoms with van der Waals surface area (Å²) in [6, 6.07) is 4.21. The fourth-order valence-electron chi connectivity index (χ4n) is 3.04. The van der Waals surface area contributed by atoms with Crippen LogP contribution in [0.1, 0.15) is 17.5 Å². The number of fused-ring (bicyclic) bond motifs is 1. The Bertz CT molecular complexity index is 477. The van der Waals surface area contributed by atoms with E-state index >= 15 is 0 Å². The molecule has 2 heterocycles. The predicted molar refractivity (Wildman–Crippen MR) is 74.1 cm³/mol. The standard InChI is InChI=1S/C14H18BrNO2/c1-16-4-3-14(17,9-16)8-11-7-12(15)6-10-2-5-18-13(10)11/h6-7,17H,2-5,8-9H2,1H3. The van der Waals surface area contributed by atoms with Crippen LogP contribution in [0, 0.1) is 0 Å². The Balaban J connectivity index is 1.89. The molecule has 1 aromatic carbocycles. The minimum atomic E-state index is -0.602. The van der Waals surface area contributed by atoms with Crippen LogP contribution in [0.15, 0.2) is 16.6 Å². The average molecular weight is 312 g/mol. The summed E-state index contributed by atoms with van der Waals surface area (Å²) in [6.07, 6.45) is 2.49. The van der Waals surface area contributed by atoms with Gasteiger partial charge in [-0.2, -0.15) is 0 Å². The first kappa shape index (κ1) is 12.5. The molecule has 1 N–H and O–H groups in total. The zero-order chi connectivity index (χ0) is 12.8. The zero-order valence-electron chi connectivity index (χ0n) is 10.6. The van der Waals surface area contributed by atoms with E-state index < -0.39 is 5.60 Å². The van der Waals surface area contributed by atoms with Gasteiger partial charge in [0.25, 0.3) is 0 Å². The van der Waals surface area contributed by atoms with E-state index in [-0.39, 0.29) is 0 Å². The van der Waals surface area contributed by atoms with E-state index in [4.69, 9.17) is 4.74 Å². The Labute approximate surface area is 116 Å². The molecule has 1 saturated heterocycles. The minimum Gasteiger partial charge on any atom is -0.493 e. The second-order valence-electron chi connectivity index (χ2n) is 5.54. The lowest BCUT2D eigenvalue weighted by Gasteiger charge is -2.23. The largest absolute Gasteiger partial charge is 0.493 e. The average Bonchev–Trinajstić information content (AvgIpc) is 2.85. The normalized spacial score (nSPS) is 27.3. The lowest BCUT2D eigenvalue weighted by Crippen LogP contribution is -2.34. The molecule has 3 nitrogen and oxygen atoms in total. The molecular weight excluding hydrogens is 294 g/mol. The summed E-state index contributed by atoms with van der Waals surface area (Å²) in [5.41, 5.74) is 1.79. The van der Waals surface area contributed by atoms with E-state index in [1.165, 1.54) is 5.56 Å². The molecule has 1 unspecified atom stereocenters. The topological polar surface area (TPSA) is 32.7 Å². The molecule has 0 aromatic heterocycles. The molecule has 2 aliphatic rings. The molecule has 0 aliphatic carbocycles. The van der Waals surface area contributed by atoms with Gasteiger partial charge in [-0.3, -0.25) is 0 Å². The summed E-state index contributed by atoms with van der Waals surface area (Å²) >= 11 is 3.55. The number of β-amino-alcohol motifs (C(OH)–C–C–N with tert-alkyl or cyclic N) is 1. The van der Waals surface area contributed by atoms with E-state index in [1.807, 2.05) is 0 Å². The van der Waals surface area contributed by atoms with Gasteiger partial charge < -0.3 is 14.7 Å². The first-order valence-corrected chi connectivity index (χ1v) is 7.20. The maximum absolute atomic E-state index is 10.6. The fraction of sp³-hybridized carbons (Fsp3) is 0.571. The van der Waals surface area contributed by atoms with Crippen molar-refractivity contribution in [1.82, 2.24) is 4.90 Å². The second kappa shape index (κ2) is 4.51. The smallest absolute Gasteiger partial charge is 0.125 e. The van der Waals surface area contributed by atoms with Gasteiger partial charge in [0.1, 0.15) is 5.75 Å². The van der Waals surface area contributed by atoms with Gasteiger partial charge in [0.2, 0.25) is 0 Å². The van der Waals surface area contributed by atoms with Crippen molar-refractivity contribution >= 4 is 15.9 Å². The third-order valence-electron chi connectivity index (χ3n) is 3.87. The number of likely N-dealkylation sites (tertiary alicyclic amines) is 1. The molecule has 0 bridgehead atoms. The maximum Gasteiger partial charge on any atom is 0.125 e. The summed E-state index contributed by atoms with van der Waals surface area (Å²) in [6.45, 7) is 2.47. The lowest BCUT2D eigenvalue weighted by atomic mass is 9.92. The van der Waals surface area contributed by atoms with Crippen LogP contribution in [0.25, 0.3) is 0 Å². The highest BCUT2D eigenvalue weighted by atomic mass is 79.9. The Morgan fingerprint density at radius 3 is 3.06 bits per heavy atom. The van der Waals surface area contributed by atoms with Gasteiger partial charge in [-0.1, -0.05) is 15.9 Å². The number of halogens is 1. The molecule has 3 rings (SSSR count). The quantitative estimate of drug-likeness (QED) is 0.906. The number of hydrogen-bond donors (Lipinski definition) is 1. The monoisotopic (exact) mass is 311 g/mol. The van der Waals surface area contributed by atoms with Crippen molar-refractivity contribution in [3.63, 3.8) is 0 Å². The highest BCUT2D eigenvalue weighted by Gasteiger charge is 2.36. The van der Waals surface area contributed by atoms with Gasteiger partial charge in [0.05, 0.1) is 12.2 Å². The third-order valence-corrected chi connectivity index (χ3v) is 4.33. The van der Waals surface area contributed by atoms with E-state index in [0.717, 1.165) is 48.3 Å². The number of rotatable bonds is 2. The Morgan fingerprint density at radius 2 is 2.33 bits per heavy atom. The first-order valence-electron chi connectivity index (χ1n) is 6.41. The van der Waals surface area contributed by atoms with Crippen molar-refractivity contribution in [2.75, 3.05) is 26.7 Å². The molecule has 18 heavy (non-hydrogen) atoms. The predicted octanol–water partition coefficient (Wildman–Crippen LogP) is 1.99. The van der Waals surface area contributed by atoms with Crippen molar-refractivity contribution in [1.29, 1.82) is 0 Å². The van der Waals surface area contributed by atoms with Crippen LogP contribution >= 0.6 is 15.9 Å². The van der Waals surface area contributed by atoms with Crippen LogP contribution in [0.4, 0.5) is 0 Å². The molecule has 4 heteroatoms. The molecule has 1 aromatic rings. The van der Waals surface area contributed by atoms with Crippen LogP contribution in [0.2, 0.25) is 0 Å². The van der Waals surface area contributed by atoms with Gasteiger partial charge in [-0.15, -0.1) is 0 Å². The van der Waals surface area contributed by atoms with Crippen molar-refractivity contribution in [2.24, 2.45) is 0 Å². The number of hydrogen-bond acceptors (Lipinski definition) is 3. The van der Waals surface area contributed by atoms with Crippen LogP contribution in [0.3, 0.4) is 0 Å². The summed E-state index contributed by atoms with van der Waals surface area (Å²) in [5, 5.41) is 10.6. The van der Waals surface area contributed by atoms with Crippen LogP contribution in [-0.2, 0) is 12.8 Å². The van der Waals surface area contributed by atoms with Crippen LogP contribution < -0.4 is 4.74 Å². The van der Waals surface area contributed by atoms with Gasteiger partial charge in [-0.05, 0) is 36.7 Å². The number of benzene rings is 1. The SMILES string of the molecule is CN1CCC(O)(Cc2cc(Br)cc3c2OCC3)C1. The summed E-state index contributed by atoms with van der Waals surface area (Å²) in [5.74, 6) is 1.00. The number of likely N-dealkylation sites (N-methyl/N-ethyl adjacent to an activating group) is 1. The summed E-state index contributed by atoms with van der Waals surface area (Å²) in [4.78, 5) is 2.18. The van der Waals surface area contributed by atoms with Gasteiger partial charge in [-0.25, -0.2) is 0 Å². The van der Waals surface area contributed by atoms with E-state index in [1.54, 1.807) is 0 Å². The Morgan fingerprint density at radius 1 is 1.50 bits per heavy atom. The summed E-state index contributed by atoms with van der Waals surface area (Å²) in [7, 11) is 2.06. The minimum absolute atomic E-state index is 0.602. The summed E-state index contributed by atoms with van der Waals surface area (Å²) < 4.78 is 6.80. The first-order chi connectivity index (χ1) is 8.56. The van der Waals surface area contributed by atoms with Crippen molar-refractivity contribution in [2.45, 2.75) is 24.9 Å². The molecule has 1 atom stereocenters. The van der Waals surface area contributed by atoms with E-state index in [2.05, 4.69) is 40.0 Å². The van der Waals surface area contributed by atoms with Crippen molar-refractivity contribution < 1.29 is 9.84 Å². The molecule has 0 saturated carbocycles. The molecule has 0 radical (unpaired) electrons. The van der Waals surface area contributed by atoms with Gasteiger partial charge >= 0.3 is 0 Å². The van der Waals surface area contributed by atoms with E-state index in [9.17, 15) is 5.11 Å². The highest BCUT2D eigenvalue weighted by molar-refractivity contribution is 9.10. The second-order valence-corrected chi connectivity index (χ2v) is 6.46. The molecule has 98 valence electrons. The lowest BCUT2D eigenvalue weighted by molar-refractivity contribution is 0.0517. The van der Waals surface area contributed by atoms with Gasteiger partial charge in [0.15, 0.2) is 0 Å². The number of ether oxygens (including phenoxy) is 1. The Kier molecular flexibility index (Phi) is 3.12. The molecule has 2 aliphatic heterocycles. The van der Waals surface area contributed by atoms with Gasteiger partial charge in [0, 0.05) is 30.4 Å². The van der Waals surface area contributed by atoms with Crippen molar-refractivity contribution in [3.05, 3.63) is 27.7 Å². The maximum atomic E-state index is 10.6. The fourth-order valence-corrected chi connectivity index (χ4v) is 3.59. The number of aliphatic hydroxyl groups is 1. The highest BCUT2D eigenvalue weighted by Crippen LogP contribution is 2.36. The Hall–Kier alpha value is -0.580.